The van der Waals surface area contributed by atoms with Crippen LogP contribution >= 0.6 is 0 Å². The predicted octanol–water partition coefficient (Wildman–Crippen LogP) is 0.857. The standard InChI is InChI=1S/C10H17NO/c1-10(12)6-5-9-11-7-3-2-4-8-11/h10,12H,2-4,7-9H2,1H3. The van der Waals surface area contributed by atoms with Crippen molar-refractivity contribution in [2.45, 2.75) is 32.3 Å². The third-order valence-corrected chi connectivity index (χ3v) is 2.06. The summed E-state index contributed by atoms with van der Waals surface area (Å²) < 4.78 is 0. The minimum Gasteiger partial charge on any atom is -0.381 e. The summed E-state index contributed by atoms with van der Waals surface area (Å²) in [5.74, 6) is 5.74. The molecule has 0 aromatic rings. The molecule has 0 amide bonds. The first-order valence-electron chi connectivity index (χ1n) is 4.68. The lowest BCUT2D eigenvalue weighted by atomic mass is 10.1. The van der Waals surface area contributed by atoms with E-state index in [0.29, 0.717) is 0 Å². The zero-order chi connectivity index (χ0) is 8.81. The van der Waals surface area contributed by atoms with Gasteiger partial charge in [0.2, 0.25) is 0 Å². The number of aliphatic hydroxyl groups excluding tert-OH is 1. The molecule has 1 rings (SSSR count). The van der Waals surface area contributed by atoms with Gasteiger partial charge in [-0.25, -0.2) is 0 Å². The highest BCUT2D eigenvalue weighted by atomic mass is 16.3. The Morgan fingerprint density at radius 1 is 1.33 bits per heavy atom. The maximum Gasteiger partial charge on any atom is 0.112 e. The number of nitrogens with zero attached hydrogens (tertiary/aromatic N) is 1. The van der Waals surface area contributed by atoms with Crippen LogP contribution in [0.4, 0.5) is 0 Å². The number of aliphatic hydroxyl groups is 1. The van der Waals surface area contributed by atoms with Gasteiger partial charge in [-0.15, -0.1) is 0 Å². The number of rotatable bonds is 1. The highest BCUT2D eigenvalue weighted by Gasteiger charge is 2.07. The van der Waals surface area contributed by atoms with E-state index in [9.17, 15) is 0 Å². The molecule has 0 spiro atoms. The molecule has 1 heterocycles. The zero-order valence-corrected chi connectivity index (χ0v) is 7.71. The van der Waals surface area contributed by atoms with Gasteiger partial charge < -0.3 is 5.11 Å². The van der Waals surface area contributed by atoms with E-state index in [4.69, 9.17) is 5.11 Å². The molecule has 0 radical (unpaired) electrons. The summed E-state index contributed by atoms with van der Waals surface area (Å²) in [6, 6.07) is 0. The molecule has 1 fully saturated rings. The Labute approximate surface area is 74.6 Å². The molecule has 0 aliphatic carbocycles. The van der Waals surface area contributed by atoms with Crippen molar-refractivity contribution < 1.29 is 5.11 Å². The molecule has 0 aromatic carbocycles. The van der Waals surface area contributed by atoms with E-state index in [2.05, 4.69) is 16.7 Å². The first-order valence-corrected chi connectivity index (χ1v) is 4.68. The molecule has 12 heavy (non-hydrogen) atoms. The number of likely N-dealkylation sites (tertiary alicyclic amines) is 1. The van der Waals surface area contributed by atoms with E-state index in [1.54, 1.807) is 6.92 Å². The lowest BCUT2D eigenvalue weighted by molar-refractivity contribution is 0.248. The maximum atomic E-state index is 8.89. The molecule has 2 nitrogen and oxygen atoms in total. The van der Waals surface area contributed by atoms with Crippen molar-refractivity contribution in [2.24, 2.45) is 0 Å². The van der Waals surface area contributed by atoms with Gasteiger partial charge in [0.05, 0.1) is 6.54 Å². The quantitative estimate of drug-likeness (QED) is 0.585. The van der Waals surface area contributed by atoms with Gasteiger partial charge in [0.15, 0.2) is 0 Å². The first-order chi connectivity index (χ1) is 5.79. The lowest BCUT2D eigenvalue weighted by Crippen LogP contribution is -2.29. The summed E-state index contributed by atoms with van der Waals surface area (Å²) in [6.07, 6.45) is 3.49. The third kappa shape index (κ3) is 3.75. The Balaban J connectivity index is 2.18. The largest absolute Gasteiger partial charge is 0.381 e. The van der Waals surface area contributed by atoms with Crippen LogP contribution in [-0.2, 0) is 0 Å². The average Bonchev–Trinajstić information content (AvgIpc) is 2.05. The Bertz CT molecular complexity index is 172. The van der Waals surface area contributed by atoms with Crippen LogP contribution in [-0.4, -0.2) is 35.7 Å². The molecular weight excluding hydrogens is 150 g/mol. The second-order valence-corrected chi connectivity index (χ2v) is 3.33. The molecule has 1 unspecified atom stereocenters. The molecule has 2 heteroatoms. The van der Waals surface area contributed by atoms with Crippen molar-refractivity contribution in [3.8, 4) is 11.8 Å². The van der Waals surface area contributed by atoms with Crippen LogP contribution in [0.15, 0.2) is 0 Å². The van der Waals surface area contributed by atoms with E-state index in [1.807, 2.05) is 0 Å². The molecule has 0 saturated carbocycles. The molecule has 1 aliphatic rings. The Hall–Kier alpha value is -0.520. The molecule has 1 aliphatic heterocycles. The van der Waals surface area contributed by atoms with Gasteiger partial charge in [-0.3, -0.25) is 4.90 Å². The zero-order valence-electron chi connectivity index (χ0n) is 7.71. The molecule has 1 atom stereocenters. The fraction of sp³-hybridized carbons (Fsp3) is 0.800. The molecule has 0 bridgehead atoms. The van der Waals surface area contributed by atoms with Crippen molar-refractivity contribution in [3.05, 3.63) is 0 Å². The average molecular weight is 167 g/mol. The maximum absolute atomic E-state index is 8.89. The Morgan fingerprint density at radius 2 is 2.00 bits per heavy atom. The molecule has 0 aromatic heterocycles. The molecule has 68 valence electrons. The molecule has 1 N–H and O–H groups in total. The van der Waals surface area contributed by atoms with Crippen LogP contribution in [0.5, 0.6) is 0 Å². The third-order valence-electron chi connectivity index (χ3n) is 2.06. The summed E-state index contributed by atoms with van der Waals surface area (Å²) in [5.41, 5.74) is 0. The van der Waals surface area contributed by atoms with Crippen LogP contribution in [0, 0.1) is 11.8 Å². The van der Waals surface area contributed by atoms with Crippen molar-refractivity contribution in [3.63, 3.8) is 0 Å². The van der Waals surface area contributed by atoms with Crippen LogP contribution in [0.2, 0.25) is 0 Å². The monoisotopic (exact) mass is 167 g/mol. The highest BCUT2D eigenvalue weighted by Crippen LogP contribution is 2.06. The highest BCUT2D eigenvalue weighted by molar-refractivity contribution is 5.05. The topological polar surface area (TPSA) is 23.5 Å². The van der Waals surface area contributed by atoms with Crippen LogP contribution < -0.4 is 0 Å². The lowest BCUT2D eigenvalue weighted by Gasteiger charge is -2.23. The van der Waals surface area contributed by atoms with Crippen LogP contribution in [0.1, 0.15) is 26.2 Å². The van der Waals surface area contributed by atoms with Gasteiger partial charge in [0, 0.05) is 0 Å². The van der Waals surface area contributed by atoms with Crippen molar-refractivity contribution >= 4 is 0 Å². The normalized spacial score (nSPS) is 21.2. The summed E-state index contributed by atoms with van der Waals surface area (Å²) in [4.78, 5) is 2.35. The Morgan fingerprint density at radius 3 is 2.58 bits per heavy atom. The summed E-state index contributed by atoms with van der Waals surface area (Å²) >= 11 is 0. The van der Waals surface area contributed by atoms with E-state index < -0.39 is 6.10 Å². The second-order valence-electron chi connectivity index (χ2n) is 3.33. The van der Waals surface area contributed by atoms with Crippen LogP contribution in [0.3, 0.4) is 0 Å². The van der Waals surface area contributed by atoms with Gasteiger partial charge >= 0.3 is 0 Å². The van der Waals surface area contributed by atoms with Gasteiger partial charge in [-0.2, -0.15) is 0 Å². The summed E-state index contributed by atoms with van der Waals surface area (Å²) in [6.45, 7) is 4.87. The second kappa shape index (κ2) is 5.18. The number of hydrogen-bond donors (Lipinski definition) is 1. The summed E-state index contributed by atoms with van der Waals surface area (Å²) in [5, 5.41) is 8.89. The summed E-state index contributed by atoms with van der Waals surface area (Å²) in [7, 11) is 0. The minimum absolute atomic E-state index is 0.477. The van der Waals surface area contributed by atoms with Gasteiger partial charge in [-0.1, -0.05) is 18.3 Å². The Kier molecular flexibility index (Phi) is 4.13. The fourth-order valence-electron chi connectivity index (χ4n) is 1.42. The minimum atomic E-state index is -0.477. The van der Waals surface area contributed by atoms with E-state index in [0.717, 1.165) is 6.54 Å². The van der Waals surface area contributed by atoms with Gasteiger partial charge in [0.1, 0.15) is 6.10 Å². The predicted molar refractivity (Wildman–Crippen MR) is 49.7 cm³/mol. The fourth-order valence-corrected chi connectivity index (χ4v) is 1.42. The molecule has 1 saturated heterocycles. The van der Waals surface area contributed by atoms with E-state index in [1.165, 1.54) is 32.4 Å². The first kappa shape index (κ1) is 9.57. The van der Waals surface area contributed by atoms with Crippen LogP contribution in [0.25, 0.3) is 0 Å². The number of hydrogen-bond acceptors (Lipinski definition) is 2. The van der Waals surface area contributed by atoms with Crippen molar-refractivity contribution in [2.75, 3.05) is 19.6 Å². The number of piperidine rings is 1. The van der Waals surface area contributed by atoms with Gasteiger partial charge in [0.25, 0.3) is 0 Å². The van der Waals surface area contributed by atoms with Gasteiger partial charge in [-0.05, 0) is 32.9 Å². The SMILES string of the molecule is CC(O)C#CCN1CCCCC1. The van der Waals surface area contributed by atoms with Crippen molar-refractivity contribution in [1.82, 2.24) is 4.90 Å². The molecular formula is C10H17NO. The van der Waals surface area contributed by atoms with Crippen molar-refractivity contribution in [1.29, 1.82) is 0 Å². The smallest absolute Gasteiger partial charge is 0.112 e. The van der Waals surface area contributed by atoms with E-state index >= 15 is 0 Å². The van der Waals surface area contributed by atoms with E-state index in [-0.39, 0.29) is 0 Å².